The van der Waals surface area contributed by atoms with E-state index in [1.807, 2.05) is 91.8 Å². The zero-order valence-corrected chi connectivity index (χ0v) is 20.5. The number of hydrogen-bond acceptors (Lipinski definition) is 6. The minimum Gasteiger partial charge on any atom is -0.463 e. The Morgan fingerprint density at radius 1 is 1.12 bits per heavy atom. The zero-order valence-electron chi connectivity index (χ0n) is 19.7. The van der Waals surface area contributed by atoms with Crippen LogP contribution >= 0.6 is 11.3 Å². The minimum atomic E-state index is -0.603. The molecule has 1 aliphatic heterocycles. The first kappa shape index (κ1) is 23.4. The number of rotatable bonds is 6. The maximum Gasteiger partial charge on any atom is 0.338 e. The van der Waals surface area contributed by atoms with Gasteiger partial charge in [0.1, 0.15) is 0 Å². The summed E-state index contributed by atoms with van der Waals surface area (Å²) in [6, 6.07) is 17.2. The lowest BCUT2D eigenvalue weighted by molar-refractivity contribution is -0.139. The van der Waals surface area contributed by atoms with Crippen LogP contribution in [0.5, 0.6) is 0 Å². The molecule has 0 spiro atoms. The second-order valence-electron chi connectivity index (χ2n) is 8.10. The van der Waals surface area contributed by atoms with Gasteiger partial charge in [-0.05, 0) is 43.2 Å². The maximum atomic E-state index is 13.5. The van der Waals surface area contributed by atoms with Crippen molar-refractivity contribution in [2.24, 2.45) is 4.99 Å². The fourth-order valence-corrected chi connectivity index (χ4v) is 4.86. The molecule has 0 saturated heterocycles. The molecule has 7 heteroatoms. The summed E-state index contributed by atoms with van der Waals surface area (Å²) in [5.41, 5.74) is 3.74. The summed E-state index contributed by atoms with van der Waals surface area (Å²) in [5.74, 6) is -0.458. The van der Waals surface area contributed by atoms with Gasteiger partial charge in [0.2, 0.25) is 0 Å². The third-order valence-corrected chi connectivity index (χ3v) is 6.52. The summed E-state index contributed by atoms with van der Waals surface area (Å²) in [6.07, 6.45) is 5.65. The van der Waals surface area contributed by atoms with Gasteiger partial charge in [-0.25, -0.2) is 9.79 Å². The number of anilines is 1. The van der Waals surface area contributed by atoms with Crippen molar-refractivity contribution in [2.75, 3.05) is 25.6 Å². The monoisotopic (exact) mass is 473 g/mol. The van der Waals surface area contributed by atoms with Gasteiger partial charge in [0.15, 0.2) is 4.80 Å². The molecule has 0 amide bonds. The van der Waals surface area contributed by atoms with E-state index in [-0.39, 0.29) is 12.2 Å². The van der Waals surface area contributed by atoms with Crippen LogP contribution in [0, 0.1) is 0 Å². The van der Waals surface area contributed by atoms with Gasteiger partial charge in [-0.1, -0.05) is 66.0 Å². The van der Waals surface area contributed by atoms with Gasteiger partial charge in [-0.3, -0.25) is 9.36 Å². The van der Waals surface area contributed by atoms with Crippen LogP contribution in [0.25, 0.3) is 12.2 Å². The van der Waals surface area contributed by atoms with Crippen molar-refractivity contribution in [1.29, 1.82) is 0 Å². The molecule has 0 N–H and O–H groups in total. The fourth-order valence-electron chi connectivity index (χ4n) is 3.80. The lowest BCUT2D eigenvalue weighted by Gasteiger charge is -2.21. The average molecular weight is 474 g/mol. The number of fused-ring (bicyclic) bond motifs is 1. The number of allylic oxidation sites excluding steroid dienone is 2. The van der Waals surface area contributed by atoms with Crippen molar-refractivity contribution < 1.29 is 9.53 Å². The average Bonchev–Trinajstić information content (AvgIpc) is 3.12. The Kier molecular flexibility index (Phi) is 6.93. The highest BCUT2D eigenvalue weighted by Crippen LogP contribution is 2.26. The first-order valence-corrected chi connectivity index (χ1v) is 11.9. The van der Waals surface area contributed by atoms with E-state index in [0.717, 1.165) is 16.8 Å². The Morgan fingerprint density at radius 2 is 1.82 bits per heavy atom. The molecule has 0 bridgehead atoms. The Bertz CT molecular complexity index is 1430. The highest BCUT2D eigenvalue weighted by Gasteiger charge is 2.30. The number of ether oxygens (including phenoxy) is 1. The molecule has 1 unspecified atom stereocenters. The molecule has 3 aromatic rings. The van der Waals surface area contributed by atoms with E-state index in [4.69, 9.17) is 4.74 Å². The first-order chi connectivity index (χ1) is 16.4. The van der Waals surface area contributed by atoms with Crippen molar-refractivity contribution in [2.45, 2.75) is 19.9 Å². The zero-order chi connectivity index (χ0) is 24.2. The van der Waals surface area contributed by atoms with Crippen molar-refractivity contribution >= 4 is 35.1 Å². The number of aromatic nitrogens is 1. The molecule has 0 radical (unpaired) electrons. The van der Waals surface area contributed by atoms with Gasteiger partial charge in [-0.2, -0.15) is 0 Å². The van der Waals surface area contributed by atoms with E-state index in [1.54, 1.807) is 18.4 Å². The number of thiazole rings is 1. The second kappa shape index (κ2) is 10.1. The minimum absolute atomic E-state index is 0.183. The van der Waals surface area contributed by atoms with Gasteiger partial charge in [0.25, 0.3) is 5.56 Å². The molecular weight excluding hydrogens is 446 g/mol. The first-order valence-electron chi connectivity index (χ1n) is 11.1. The van der Waals surface area contributed by atoms with Gasteiger partial charge in [-0.15, -0.1) is 0 Å². The summed E-state index contributed by atoms with van der Waals surface area (Å²) in [7, 11) is 3.97. The van der Waals surface area contributed by atoms with Crippen molar-refractivity contribution in [3.8, 4) is 0 Å². The van der Waals surface area contributed by atoms with Gasteiger partial charge in [0, 0.05) is 19.8 Å². The topological polar surface area (TPSA) is 63.9 Å². The lowest BCUT2D eigenvalue weighted by Crippen LogP contribution is -2.38. The van der Waals surface area contributed by atoms with E-state index in [9.17, 15) is 9.59 Å². The van der Waals surface area contributed by atoms with Gasteiger partial charge >= 0.3 is 5.97 Å². The van der Waals surface area contributed by atoms with E-state index in [2.05, 4.69) is 4.99 Å². The molecular formula is C27H27N3O3S. The molecule has 0 saturated carbocycles. The molecule has 1 atom stereocenters. The van der Waals surface area contributed by atoms with Crippen LogP contribution in [-0.4, -0.2) is 31.2 Å². The van der Waals surface area contributed by atoms with Gasteiger partial charge < -0.3 is 9.64 Å². The standard InChI is InChI=1S/C27H27N3O3S/c1-5-33-26(32)24-18(2)28-27-30(22(24)16-13-19-9-7-6-8-10-19)25(31)23(34-27)17-20-11-14-21(15-12-20)29(3)4/h6-17,22H,5H2,1-4H3/b16-13+,23-17+. The summed E-state index contributed by atoms with van der Waals surface area (Å²) < 4.78 is 7.46. The number of carbonyl (C=O) groups is 1. The molecule has 2 aromatic carbocycles. The third-order valence-electron chi connectivity index (χ3n) is 5.54. The summed E-state index contributed by atoms with van der Waals surface area (Å²) in [4.78, 5) is 33.5. The van der Waals surface area contributed by atoms with Crippen LogP contribution in [0.2, 0.25) is 0 Å². The van der Waals surface area contributed by atoms with Gasteiger partial charge in [0.05, 0.1) is 28.5 Å². The molecule has 0 aliphatic carbocycles. The van der Waals surface area contributed by atoms with Crippen LogP contribution < -0.4 is 19.8 Å². The summed E-state index contributed by atoms with van der Waals surface area (Å²) in [5, 5.41) is 0. The summed E-state index contributed by atoms with van der Waals surface area (Å²) in [6.45, 7) is 3.80. The van der Waals surface area contributed by atoms with Crippen molar-refractivity contribution in [3.63, 3.8) is 0 Å². The van der Waals surface area contributed by atoms with Crippen molar-refractivity contribution in [1.82, 2.24) is 4.57 Å². The maximum absolute atomic E-state index is 13.5. The van der Waals surface area contributed by atoms with Crippen molar-refractivity contribution in [3.05, 3.63) is 103 Å². The van der Waals surface area contributed by atoms with Crippen LogP contribution in [0.4, 0.5) is 5.69 Å². The molecule has 6 nitrogen and oxygen atoms in total. The number of carbonyl (C=O) groups excluding carboxylic acids is 1. The van der Waals surface area contributed by atoms with Crippen LogP contribution in [-0.2, 0) is 9.53 Å². The fraction of sp³-hybridized carbons (Fsp3) is 0.222. The molecule has 34 heavy (non-hydrogen) atoms. The molecule has 2 heterocycles. The van der Waals surface area contributed by atoms with Crippen LogP contribution in [0.15, 0.2) is 81.7 Å². The van der Waals surface area contributed by atoms with E-state index in [1.165, 1.54) is 11.3 Å². The third kappa shape index (κ3) is 4.79. The summed E-state index contributed by atoms with van der Waals surface area (Å²) >= 11 is 1.32. The quantitative estimate of drug-likeness (QED) is 0.514. The Hall–Kier alpha value is -3.71. The molecule has 174 valence electrons. The lowest BCUT2D eigenvalue weighted by atomic mass is 10.0. The highest BCUT2D eigenvalue weighted by atomic mass is 32.1. The number of nitrogens with zero attached hydrogens (tertiary/aromatic N) is 3. The largest absolute Gasteiger partial charge is 0.463 e. The van der Waals surface area contributed by atoms with E-state index in [0.29, 0.717) is 20.6 Å². The van der Waals surface area contributed by atoms with E-state index >= 15 is 0 Å². The number of benzene rings is 2. The molecule has 1 aromatic heterocycles. The Labute approximate surface area is 202 Å². The predicted octanol–water partition coefficient (Wildman–Crippen LogP) is 3.53. The second-order valence-corrected chi connectivity index (χ2v) is 9.11. The smallest absolute Gasteiger partial charge is 0.338 e. The molecule has 0 fully saturated rings. The molecule has 4 rings (SSSR count). The SMILES string of the molecule is CCOC(=O)C1=C(C)N=c2s/c(=C/c3ccc(N(C)C)cc3)c(=O)n2C1/C=C/c1ccccc1. The normalized spacial score (nSPS) is 15.9. The Morgan fingerprint density at radius 3 is 2.47 bits per heavy atom. The number of hydrogen-bond donors (Lipinski definition) is 0. The predicted molar refractivity (Wildman–Crippen MR) is 138 cm³/mol. The highest BCUT2D eigenvalue weighted by molar-refractivity contribution is 7.07. The van der Waals surface area contributed by atoms with E-state index < -0.39 is 12.0 Å². The van der Waals surface area contributed by atoms with Crippen LogP contribution in [0.3, 0.4) is 0 Å². The number of esters is 1. The Balaban J connectivity index is 1.83. The molecule has 1 aliphatic rings. The van der Waals surface area contributed by atoms with Crippen LogP contribution in [0.1, 0.15) is 31.0 Å².